The van der Waals surface area contributed by atoms with Crippen molar-refractivity contribution >= 4 is 21.6 Å². The minimum Gasteiger partial charge on any atom is -0.497 e. The highest BCUT2D eigenvalue weighted by Crippen LogP contribution is 2.15. The third kappa shape index (κ3) is 4.73. The molecule has 2 aromatic carbocycles. The third-order valence-electron chi connectivity index (χ3n) is 3.22. The van der Waals surface area contributed by atoms with Gasteiger partial charge in [-0.2, -0.15) is 0 Å². The zero-order valence-corrected chi connectivity index (χ0v) is 13.8. The van der Waals surface area contributed by atoms with Crippen LogP contribution in [0.2, 0.25) is 5.02 Å². The fraction of sp³-hybridized carbons (Fsp3) is 0.250. The first-order valence-corrected chi connectivity index (χ1v) is 8.75. The molecule has 0 bridgehead atoms. The highest BCUT2D eigenvalue weighted by atomic mass is 35.5. The van der Waals surface area contributed by atoms with E-state index in [1.807, 2.05) is 24.3 Å². The van der Waals surface area contributed by atoms with E-state index in [0.29, 0.717) is 17.3 Å². The molecule has 118 valence electrons. The van der Waals surface area contributed by atoms with Crippen molar-refractivity contribution in [1.82, 2.24) is 4.72 Å². The Kier molecular flexibility index (Phi) is 5.83. The second-order valence-corrected chi connectivity index (χ2v) is 7.01. The van der Waals surface area contributed by atoms with Crippen molar-refractivity contribution in [3.63, 3.8) is 0 Å². The predicted octanol–water partition coefficient (Wildman–Crippen LogP) is 3.26. The SMILES string of the molecule is COc1ccc(S(=O)(=O)NCCCc2ccc(Cl)cc2)cc1. The second-order valence-electron chi connectivity index (χ2n) is 4.80. The Morgan fingerprint density at radius 2 is 1.68 bits per heavy atom. The van der Waals surface area contributed by atoms with Gasteiger partial charge in [0.25, 0.3) is 0 Å². The maximum atomic E-state index is 12.1. The minimum atomic E-state index is -3.47. The van der Waals surface area contributed by atoms with Gasteiger partial charge in [0.2, 0.25) is 10.0 Å². The lowest BCUT2D eigenvalue weighted by atomic mass is 10.1. The zero-order valence-electron chi connectivity index (χ0n) is 12.3. The van der Waals surface area contributed by atoms with Crippen molar-refractivity contribution in [2.75, 3.05) is 13.7 Å². The number of hydrogen-bond donors (Lipinski definition) is 1. The van der Waals surface area contributed by atoms with Crippen molar-refractivity contribution < 1.29 is 13.2 Å². The summed E-state index contributed by atoms with van der Waals surface area (Å²) in [4.78, 5) is 0.236. The Hall–Kier alpha value is -1.56. The summed E-state index contributed by atoms with van der Waals surface area (Å²) in [6.45, 7) is 0.386. The lowest BCUT2D eigenvalue weighted by molar-refractivity contribution is 0.414. The molecule has 2 rings (SSSR count). The van der Waals surface area contributed by atoms with Gasteiger partial charge in [-0.1, -0.05) is 23.7 Å². The van der Waals surface area contributed by atoms with E-state index in [9.17, 15) is 8.42 Å². The van der Waals surface area contributed by atoms with Crippen LogP contribution in [0.1, 0.15) is 12.0 Å². The maximum absolute atomic E-state index is 12.1. The van der Waals surface area contributed by atoms with Crippen LogP contribution in [0.25, 0.3) is 0 Å². The molecular formula is C16H18ClNO3S. The number of halogens is 1. The van der Waals surface area contributed by atoms with Crippen molar-refractivity contribution in [2.24, 2.45) is 0 Å². The summed E-state index contributed by atoms with van der Waals surface area (Å²) in [5.74, 6) is 0.627. The molecule has 0 amide bonds. The molecule has 0 aliphatic rings. The van der Waals surface area contributed by atoms with Gasteiger partial charge in [-0.3, -0.25) is 0 Å². The van der Waals surface area contributed by atoms with Crippen LogP contribution in [-0.4, -0.2) is 22.1 Å². The number of aryl methyl sites for hydroxylation is 1. The summed E-state index contributed by atoms with van der Waals surface area (Å²) in [7, 11) is -1.93. The van der Waals surface area contributed by atoms with E-state index in [2.05, 4.69) is 4.72 Å². The van der Waals surface area contributed by atoms with Gasteiger partial charge >= 0.3 is 0 Å². The first kappa shape index (κ1) is 16.8. The summed E-state index contributed by atoms with van der Waals surface area (Å²) >= 11 is 5.82. The lowest BCUT2D eigenvalue weighted by Gasteiger charge is -2.07. The summed E-state index contributed by atoms with van der Waals surface area (Å²) in [5, 5.41) is 0.698. The molecule has 0 aliphatic heterocycles. The topological polar surface area (TPSA) is 55.4 Å². The number of nitrogens with one attached hydrogen (secondary N) is 1. The van der Waals surface area contributed by atoms with E-state index in [4.69, 9.17) is 16.3 Å². The monoisotopic (exact) mass is 339 g/mol. The van der Waals surface area contributed by atoms with Gasteiger partial charge in [0.15, 0.2) is 0 Å². The number of rotatable bonds is 7. The molecule has 4 nitrogen and oxygen atoms in total. The Balaban J connectivity index is 1.85. The molecule has 0 fully saturated rings. The third-order valence-corrected chi connectivity index (χ3v) is 4.95. The van der Waals surface area contributed by atoms with Crippen molar-refractivity contribution in [3.05, 3.63) is 59.1 Å². The van der Waals surface area contributed by atoms with E-state index in [1.165, 1.54) is 12.1 Å². The Morgan fingerprint density at radius 1 is 1.05 bits per heavy atom. The zero-order chi connectivity index (χ0) is 16.0. The highest BCUT2D eigenvalue weighted by Gasteiger charge is 2.12. The molecule has 0 saturated heterocycles. The van der Waals surface area contributed by atoms with Crippen molar-refractivity contribution in [3.8, 4) is 5.75 Å². The summed E-state index contributed by atoms with van der Waals surface area (Å²) in [5.41, 5.74) is 1.13. The number of ether oxygens (including phenoxy) is 1. The average Bonchev–Trinajstić information content (AvgIpc) is 2.53. The molecule has 22 heavy (non-hydrogen) atoms. The van der Waals surface area contributed by atoms with Gasteiger partial charge in [-0.25, -0.2) is 13.1 Å². The molecule has 0 unspecified atom stereocenters. The van der Waals surface area contributed by atoms with Crippen LogP contribution >= 0.6 is 11.6 Å². The van der Waals surface area contributed by atoms with Crippen molar-refractivity contribution in [1.29, 1.82) is 0 Å². The van der Waals surface area contributed by atoms with Crippen LogP contribution in [0, 0.1) is 0 Å². The van der Waals surface area contributed by atoms with Crippen LogP contribution in [0.3, 0.4) is 0 Å². The van der Waals surface area contributed by atoms with Gasteiger partial charge < -0.3 is 4.74 Å². The normalized spacial score (nSPS) is 11.4. The smallest absolute Gasteiger partial charge is 0.240 e. The fourth-order valence-electron chi connectivity index (χ4n) is 1.99. The van der Waals surface area contributed by atoms with Gasteiger partial charge in [0.1, 0.15) is 5.75 Å². The first-order valence-electron chi connectivity index (χ1n) is 6.89. The van der Waals surface area contributed by atoms with Crippen LogP contribution in [0.15, 0.2) is 53.4 Å². The second kappa shape index (κ2) is 7.63. The quantitative estimate of drug-likeness (QED) is 0.788. The largest absolute Gasteiger partial charge is 0.497 e. The molecule has 0 spiro atoms. The molecule has 0 aliphatic carbocycles. The van der Waals surface area contributed by atoms with Crippen LogP contribution < -0.4 is 9.46 Å². The van der Waals surface area contributed by atoms with Crippen LogP contribution in [0.4, 0.5) is 0 Å². The predicted molar refractivity (Wildman–Crippen MR) is 88.0 cm³/mol. The Bertz CT molecular complexity index is 697. The first-order chi connectivity index (χ1) is 10.5. The molecular weight excluding hydrogens is 322 g/mol. The van der Waals surface area contributed by atoms with E-state index >= 15 is 0 Å². The van der Waals surface area contributed by atoms with Crippen LogP contribution in [-0.2, 0) is 16.4 Å². The molecule has 0 radical (unpaired) electrons. The highest BCUT2D eigenvalue weighted by molar-refractivity contribution is 7.89. The van der Waals surface area contributed by atoms with Gasteiger partial charge in [0.05, 0.1) is 12.0 Å². The van der Waals surface area contributed by atoms with E-state index in [1.54, 1.807) is 19.2 Å². The van der Waals surface area contributed by atoms with E-state index in [0.717, 1.165) is 18.4 Å². The molecule has 6 heteroatoms. The van der Waals surface area contributed by atoms with E-state index < -0.39 is 10.0 Å². The molecule has 0 saturated carbocycles. The number of sulfonamides is 1. The standard InChI is InChI=1S/C16H18ClNO3S/c1-21-15-8-10-16(11-9-15)22(19,20)18-12-2-3-13-4-6-14(17)7-5-13/h4-11,18H,2-3,12H2,1H3. The molecule has 0 atom stereocenters. The minimum absolute atomic E-state index is 0.236. The summed E-state index contributed by atoms with van der Waals surface area (Å²) in [6, 6.07) is 13.9. The number of methoxy groups -OCH3 is 1. The maximum Gasteiger partial charge on any atom is 0.240 e. The van der Waals surface area contributed by atoms with Gasteiger partial charge in [0, 0.05) is 11.6 Å². The summed E-state index contributed by atoms with van der Waals surface area (Å²) in [6.07, 6.45) is 1.51. The van der Waals surface area contributed by atoms with Gasteiger partial charge in [-0.05, 0) is 54.8 Å². The Morgan fingerprint density at radius 3 is 2.27 bits per heavy atom. The Labute approximate surface area is 136 Å². The number of hydrogen-bond acceptors (Lipinski definition) is 3. The number of benzene rings is 2. The molecule has 1 N–H and O–H groups in total. The molecule has 0 aromatic heterocycles. The van der Waals surface area contributed by atoms with Crippen LogP contribution in [0.5, 0.6) is 5.75 Å². The lowest BCUT2D eigenvalue weighted by Crippen LogP contribution is -2.25. The average molecular weight is 340 g/mol. The fourth-order valence-corrected chi connectivity index (χ4v) is 3.19. The summed E-state index contributed by atoms with van der Waals surface area (Å²) < 4.78 is 31.8. The molecule has 2 aromatic rings. The van der Waals surface area contributed by atoms with Gasteiger partial charge in [-0.15, -0.1) is 0 Å². The van der Waals surface area contributed by atoms with E-state index in [-0.39, 0.29) is 4.90 Å². The van der Waals surface area contributed by atoms with Crippen molar-refractivity contribution in [2.45, 2.75) is 17.7 Å². The molecule has 0 heterocycles.